The lowest BCUT2D eigenvalue weighted by atomic mass is 10.2. The molecule has 0 saturated heterocycles. The summed E-state index contributed by atoms with van der Waals surface area (Å²) < 4.78 is 5.94. The number of aryl methyl sites for hydroxylation is 1. The van der Waals surface area contributed by atoms with Crippen molar-refractivity contribution in [3.8, 4) is 0 Å². The van der Waals surface area contributed by atoms with E-state index in [2.05, 4.69) is 26.6 Å². The highest BCUT2D eigenvalue weighted by Crippen LogP contribution is 2.19. The number of nitrogens with one attached hydrogen (secondary N) is 2. The fourth-order valence-corrected chi connectivity index (χ4v) is 2.32. The number of hydrogen-bond donors (Lipinski definition) is 2. The standard InChI is InChI=1S/C14H21BrN2O2/c1-10-7-12(15)9-13(8-10)17-11(2)14(18)16-5-4-6-19-3/h7-9,11,17H,4-6H2,1-3H3,(H,16,18). The quantitative estimate of drug-likeness (QED) is 0.756. The summed E-state index contributed by atoms with van der Waals surface area (Å²) in [5.41, 5.74) is 2.08. The number of carbonyl (C=O) groups excluding carboxylic acids is 1. The molecule has 2 N–H and O–H groups in total. The molecule has 1 amide bonds. The van der Waals surface area contributed by atoms with Gasteiger partial charge in [0, 0.05) is 30.4 Å². The predicted octanol–water partition coefficient (Wildman–Crippen LogP) is 2.71. The van der Waals surface area contributed by atoms with Crippen LogP contribution in [0.1, 0.15) is 18.9 Å². The van der Waals surface area contributed by atoms with Crippen LogP contribution in [0.5, 0.6) is 0 Å². The Morgan fingerprint density at radius 2 is 2.16 bits per heavy atom. The van der Waals surface area contributed by atoms with E-state index in [-0.39, 0.29) is 11.9 Å². The van der Waals surface area contributed by atoms with Gasteiger partial charge in [0.2, 0.25) is 5.91 Å². The first-order valence-electron chi connectivity index (χ1n) is 6.33. The molecule has 4 nitrogen and oxygen atoms in total. The maximum absolute atomic E-state index is 11.9. The molecule has 0 aromatic heterocycles. The number of amides is 1. The van der Waals surface area contributed by atoms with E-state index in [4.69, 9.17) is 4.74 Å². The molecule has 1 rings (SSSR count). The van der Waals surface area contributed by atoms with E-state index in [0.717, 1.165) is 22.1 Å². The van der Waals surface area contributed by atoms with Crippen LogP contribution in [0.15, 0.2) is 22.7 Å². The Morgan fingerprint density at radius 1 is 1.42 bits per heavy atom. The minimum absolute atomic E-state index is 0.00580. The highest BCUT2D eigenvalue weighted by molar-refractivity contribution is 9.10. The number of methoxy groups -OCH3 is 1. The molecule has 0 aliphatic carbocycles. The Bertz CT molecular complexity index is 404. The summed E-state index contributed by atoms with van der Waals surface area (Å²) in [7, 11) is 1.65. The van der Waals surface area contributed by atoms with Crippen LogP contribution in [-0.2, 0) is 9.53 Å². The zero-order valence-corrected chi connectivity index (χ0v) is 13.2. The van der Waals surface area contributed by atoms with Crippen LogP contribution in [0.4, 0.5) is 5.69 Å². The van der Waals surface area contributed by atoms with Gasteiger partial charge in [0.1, 0.15) is 6.04 Å². The molecular weight excluding hydrogens is 308 g/mol. The van der Waals surface area contributed by atoms with Gasteiger partial charge in [-0.15, -0.1) is 0 Å². The van der Waals surface area contributed by atoms with Crippen molar-refractivity contribution in [2.75, 3.05) is 25.6 Å². The Morgan fingerprint density at radius 3 is 2.79 bits per heavy atom. The zero-order chi connectivity index (χ0) is 14.3. The first-order chi connectivity index (χ1) is 9.02. The first kappa shape index (κ1) is 16.0. The second-order valence-electron chi connectivity index (χ2n) is 4.52. The second kappa shape index (κ2) is 8.17. The van der Waals surface area contributed by atoms with Crippen molar-refractivity contribution in [1.82, 2.24) is 5.32 Å². The van der Waals surface area contributed by atoms with E-state index in [0.29, 0.717) is 13.2 Å². The summed E-state index contributed by atoms with van der Waals surface area (Å²) in [4.78, 5) is 11.9. The molecule has 0 aliphatic rings. The van der Waals surface area contributed by atoms with E-state index in [1.807, 2.05) is 32.0 Å². The number of halogens is 1. The summed E-state index contributed by atoms with van der Waals surface area (Å²) in [6.45, 7) is 5.16. The molecular formula is C14H21BrN2O2. The number of rotatable bonds is 7. The van der Waals surface area contributed by atoms with Gasteiger partial charge in [0.25, 0.3) is 0 Å². The summed E-state index contributed by atoms with van der Waals surface area (Å²) in [6.07, 6.45) is 0.824. The van der Waals surface area contributed by atoms with E-state index >= 15 is 0 Å². The number of benzene rings is 1. The van der Waals surface area contributed by atoms with Crippen LogP contribution in [-0.4, -0.2) is 32.2 Å². The molecule has 0 heterocycles. The molecule has 5 heteroatoms. The lowest BCUT2D eigenvalue weighted by Gasteiger charge is -2.16. The van der Waals surface area contributed by atoms with E-state index < -0.39 is 0 Å². The molecule has 0 radical (unpaired) electrons. The molecule has 1 atom stereocenters. The molecule has 0 bridgehead atoms. The first-order valence-corrected chi connectivity index (χ1v) is 7.12. The smallest absolute Gasteiger partial charge is 0.242 e. The Kier molecular flexibility index (Phi) is 6.87. The zero-order valence-electron chi connectivity index (χ0n) is 11.6. The fraction of sp³-hybridized carbons (Fsp3) is 0.500. The Labute approximate surface area is 123 Å². The lowest BCUT2D eigenvalue weighted by Crippen LogP contribution is -2.38. The molecule has 106 valence electrons. The minimum atomic E-state index is -0.267. The van der Waals surface area contributed by atoms with Gasteiger partial charge in [0.15, 0.2) is 0 Å². The van der Waals surface area contributed by atoms with E-state index in [1.54, 1.807) is 7.11 Å². The monoisotopic (exact) mass is 328 g/mol. The SMILES string of the molecule is COCCCNC(=O)C(C)Nc1cc(C)cc(Br)c1. The number of anilines is 1. The minimum Gasteiger partial charge on any atom is -0.385 e. The lowest BCUT2D eigenvalue weighted by molar-refractivity contribution is -0.121. The summed E-state index contributed by atoms with van der Waals surface area (Å²) in [5, 5.41) is 6.06. The predicted molar refractivity (Wildman–Crippen MR) is 81.5 cm³/mol. The molecule has 1 aromatic rings. The van der Waals surface area contributed by atoms with Crippen LogP contribution in [0.3, 0.4) is 0 Å². The number of hydrogen-bond acceptors (Lipinski definition) is 3. The van der Waals surface area contributed by atoms with Gasteiger partial charge in [-0.1, -0.05) is 15.9 Å². The average molecular weight is 329 g/mol. The maximum Gasteiger partial charge on any atom is 0.242 e. The van der Waals surface area contributed by atoms with Crippen LogP contribution in [0.25, 0.3) is 0 Å². The topological polar surface area (TPSA) is 50.4 Å². The summed E-state index contributed by atoms with van der Waals surface area (Å²) >= 11 is 3.44. The van der Waals surface area contributed by atoms with E-state index in [1.165, 1.54) is 0 Å². The van der Waals surface area contributed by atoms with Gasteiger partial charge >= 0.3 is 0 Å². The molecule has 1 unspecified atom stereocenters. The Hall–Kier alpha value is -1.07. The highest BCUT2D eigenvalue weighted by Gasteiger charge is 2.12. The maximum atomic E-state index is 11.9. The third-order valence-electron chi connectivity index (χ3n) is 2.64. The van der Waals surface area contributed by atoms with Gasteiger partial charge < -0.3 is 15.4 Å². The second-order valence-corrected chi connectivity index (χ2v) is 5.44. The van der Waals surface area contributed by atoms with Crippen molar-refractivity contribution in [1.29, 1.82) is 0 Å². The normalized spacial score (nSPS) is 12.0. The van der Waals surface area contributed by atoms with Crippen LogP contribution in [0, 0.1) is 6.92 Å². The van der Waals surface area contributed by atoms with Crippen molar-refractivity contribution in [2.24, 2.45) is 0 Å². The van der Waals surface area contributed by atoms with Gasteiger partial charge in [0.05, 0.1) is 0 Å². The molecule has 0 aliphatic heterocycles. The van der Waals surface area contributed by atoms with Crippen molar-refractivity contribution in [2.45, 2.75) is 26.3 Å². The van der Waals surface area contributed by atoms with Gasteiger partial charge in [-0.05, 0) is 44.0 Å². The third kappa shape index (κ3) is 6.07. The van der Waals surface area contributed by atoms with Gasteiger partial charge in [-0.2, -0.15) is 0 Å². The van der Waals surface area contributed by atoms with Gasteiger partial charge in [-0.3, -0.25) is 4.79 Å². The fourth-order valence-electron chi connectivity index (χ4n) is 1.72. The molecule has 0 spiro atoms. The van der Waals surface area contributed by atoms with Crippen molar-refractivity contribution >= 4 is 27.5 Å². The highest BCUT2D eigenvalue weighted by atomic mass is 79.9. The van der Waals surface area contributed by atoms with Crippen LogP contribution < -0.4 is 10.6 Å². The largest absolute Gasteiger partial charge is 0.385 e. The molecule has 19 heavy (non-hydrogen) atoms. The van der Waals surface area contributed by atoms with Crippen molar-refractivity contribution < 1.29 is 9.53 Å². The summed E-state index contributed by atoms with van der Waals surface area (Å²) in [5.74, 6) is -0.00580. The average Bonchev–Trinajstić information content (AvgIpc) is 2.33. The van der Waals surface area contributed by atoms with Crippen molar-refractivity contribution in [3.05, 3.63) is 28.2 Å². The van der Waals surface area contributed by atoms with Crippen LogP contribution >= 0.6 is 15.9 Å². The molecule has 1 aromatic carbocycles. The number of carbonyl (C=O) groups is 1. The third-order valence-corrected chi connectivity index (χ3v) is 3.10. The van der Waals surface area contributed by atoms with Crippen LogP contribution in [0.2, 0.25) is 0 Å². The van der Waals surface area contributed by atoms with E-state index in [9.17, 15) is 4.79 Å². The van der Waals surface area contributed by atoms with Gasteiger partial charge in [-0.25, -0.2) is 0 Å². The molecule has 0 fully saturated rings. The molecule has 0 saturated carbocycles. The number of ether oxygens (including phenoxy) is 1. The Balaban J connectivity index is 2.44. The summed E-state index contributed by atoms with van der Waals surface area (Å²) in [6, 6.07) is 5.73. The van der Waals surface area contributed by atoms with Crippen molar-refractivity contribution in [3.63, 3.8) is 0 Å².